The van der Waals surface area contributed by atoms with Crippen molar-refractivity contribution in [2.75, 3.05) is 6.61 Å². The summed E-state index contributed by atoms with van der Waals surface area (Å²) in [4.78, 5) is 0.229. The van der Waals surface area contributed by atoms with Crippen molar-refractivity contribution in [1.29, 1.82) is 0 Å². The second-order valence-electron chi connectivity index (χ2n) is 5.68. The monoisotopic (exact) mass is 285 g/mol. The summed E-state index contributed by atoms with van der Waals surface area (Å²) in [6.45, 7) is 7.86. The minimum absolute atomic E-state index is 0.00717. The van der Waals surface area contributed by atoms with Gasteiger partial charge in [0.05, 0.1) is 11.5 Å². The van der Waals surface area contributed by atoms with Crippen LogP contribution in [0.25, 0.3) is 0 Å². The smallest absolute Gasteiger partial charge is 0.240 e. The van der Waals surface area contributed by atoms with Crippen molar-refractivity contribution in [2.45, 2.75) is 50.5 Å². The van der Waals surface area contributed by atoms with Crippen molar-refractivity contribution in [3.05, 3.63) is 29.8 Å². The van der Waals surface area contributed by atoms with Gasteiger partial charge in [-0.1, -0.05) is 39.8 Å². The van der Waals surface area contributed by atoms with Crippen LogP contribution in [0.5, 0.6) is 0 Å². The third-order valence-electron chi connectivity index (χ3n) is 3.07. The number of rotatable bonds is 5. The van der Waals surface area contributed by atoms with E-state index in [1.165, 1.54) is 0 Å². The van der Waals surface area contributed by atoms with Crippen LogP contribution in [-0.4, -0.2) is 26.2 Å². The van der Waals surface area contributed by atoms with Crippen LogP contribution in [-0.2, 0) is 15.4 Å². The molecule has 0 aliphatic carbocycles. The second kappa shape index (κ2) is 6.03. The van der Waals surface area contributed by atoms with Gasteiger partial charge in [0.2, 0.25) is 10.0 Å². The molecule has 0 aliphatic rings. The molecular weight excluding hydrogens is 262 g/mol. The molecule has 1 aromatic rings. The van der Waals surface area contributed by atoms with E-state index in [-0.39, 0.29) is 16.9 Å². The molecule has 0 unspecified atom stereocenters. The van der Waals surface area contributed by atoms with E-state index in [9.17, 15) is 8.42 Å². The number of hydrogen-bond donors (Lipinski definition) is 2. The fourth-order valence-corrected chi connectivity index (χ4v) is 2.98. The number of aliphatic hydroxyl groups excluding tert-OH is 1. The van der Waals surface area contributed by atoms with Gasteiger partial charge < -0.3 is 5.11 Å². The lowest BCUT2D eigenvalue weighted by molar-refractivity contribution is 0.254. The van der Waals surface area contributed by atoms with E-state index in [0.29, 0.717) is 6.42 Å². The standard InChI is InChI=1S/C14H23NO3S/c1-5-12(10-16)15-19(17,18)13-8-6-11(7-9-13)14(2,3)4/h6-9,12,15-16H,5,10H2,1-4H3/t12-/m0/s1. The summed E-state index contributed by atoms with van der Waals surface area (Å²) < 4.78 is 26.7. The molecular formula is C14H23NO3S. The van der Waals surface area contributed by atoms with Crippen molar-refractivity contribution >= 4 is 10.0 Å². The van der Waals surface area contributed by atoms with E-state index in [2.05, 4.69) is 25.5 Å². The average molecular weight is 285 g/mol. The highest BCUT2D eigenvalue weighted by Crippen LogP contribution is 2.23. The first-order chi connectivity index (χ1) is 8.70. The maximum atomic E-state index is 12.1. The van der Waals surface area contributed by atoms with Crippen LogP contribution in [0.3, 0.4) is 0 Å². The lowest BCUT2D eigenvalue weighted by atomic mass is 9.87. The molecule has 19 heavy (non-hydrogen) atoms. The van der Waals surface area contributed by atoms with Crippen LogP contribution >= 0.6 is 0 Å². The van der Waals surface area contributed by atoms with Crippen molar-refractivity contribution in [3.8, 4) is 0 Å². The Bertz CT molecular complexity index is 496. The number of hydrogen-bond acceptors (Lipinski definition) is 3. The first-order valence-electron chi connectivity index (χ1n) is 6.44. The minimum atomic E-state index is -3.56. The highest BCUT2D eigenvalue weighted by molar-refractivity contribution is 7.89. The van der Waals surface area contributed by atoms with Gasteiger partial charge in [-0.2, -0.15) is 0 Å². The van der Waals surface area contributed by atoms with E-state index in [1.807, 2.05) is 19.1 Å². The molecule has 0 aromatic heterocycles. The van der Waals surface area contributed by atoms with Crippen molar-refractivity contribution in [1.82, 2.24) is 4.72 Å². The topological polar surface area (TPSA) is 66.4 Å². The molecule has 0 radical (unpaired) electrons. The van der Waals surface area contributed by atoms with E-state index in [1.54, 1.807) is 12.1 Å². The first-order valence-corrected chi connectivity index (χ1v) is 7.92. The lowest BCUT2D eigenvalue weighted by Gasteiger charge is -2.19. The van der Waals surface area contributed by atoms with Crippen molar-refractivity contribution < 1.29 is 13.5 Å². The number of nitrogens with one attached hydrogen (secondary N) is 1. The number of benzene rings is 1. The summed E-state index contributed by atoms with van der Waals surface area (Å²) in [7, 11) is -3.56. The first kappa shape index (κ1) is 16.1. The molecule has 0 bridgehead atoms. The molecule has 0 fully saturated rings. The normalized spacial score (nSPS) is 14.4. The van der Waals surface area contributed by atoms with Crippen LogP contribution in [0.2, 0.25) is 0 Å². The van der Waals surface area contributed by atoms with Crippen molar-refractivity contribution in [3.63, 3.8) is 0 Å². The summed E-state index contributed by atoms with van der Waals surface area (Å²) in [5.74, 6) is 0. The molecule has 0 amide bonds. The Morgan fingerprint density at radius 3 is 2.11 bits per heavy atom. The Hall–Kier alpha value is -0.910. The van der Waals surface area contributed by atoms with Crippen LogP contribution in [0.4, 0.5) is 0 Å². The van der Waals surface area contributed by atoms with Gasteiger partial charge in [0.15, 0.2) is 0 Å². The quantitative estimate of drug-likeness (QED) is 0.870. The predicted molar refractivity (Wildman–Crippen MR) is 76.6 cm³/mol. The Balaban J connectivity index is 2.97. The van der Waals surface area contributed by atoms with Gasteiger partial charge in [-0.15, -0.1) is 0 Å². The summed E-state index contributed by atoms with van der Waals surface area (Å²) in [5.41, 5.74) is 1.08. The molecule has 1 aromatic carbocycles. The predicted octanol–water partition coefficient (Wildman–Crippen LogP) is 2.03. The zero-order valence-electron chi connectivity index (χ0n) is 12.0. The summed E-state index contributed by atoms with van der Waals surface area (Å²) in [6.07, 6.45) is 0.551. The molecule has 2 N–H and O–H groups in total. The summed E-state index contributed by atoms with van der Waals surface area (Å²) in [5, 5.41) is 9.06. The van der Waals surface area contributed by atoms with Gasteiger partial charge in [0.25, 0.3) is 0 Å². The highest BCUT2D eigenvalue weighted by Gasteiger charge is 2.20. The Morgan fingerprint density at radius 1 is 1.21 bits per heavy atom. The van der Waals surface area contributed by atoms with Crippen molar-refractivity contribution in [2.24, 2.45) is 0 Å². The highest BCUT2D eigenvalue weighted by atomic mass is 32.2. The largest absolute Gasteiger partial charge is 0.395 e. The van der Waals surface area contributed by atoms with Gasteiger partial charge >= 0.3 is 0 Å². The van der Waals surface area contributed by atoms with Crippen LogP contribution in [0, 0.1) is 0 Å². The molecule has 4 nitrogen and oxygen atoms in total. The molecule has 5 heteroatoms. The van der Waals surface area contributed by atoms with E-state index < -0.39 is 16.1 Å². The second-order valence-corrected chi connectivity index (χ2v) is 7.40. The van der Waals surface area contributed by atoms with Gasteiger partial charge in [0.1, 0.15) is 0 Å². The number of sulfonamides is 1. The third-order valence-corrected chi connectivity index (χ3v) is 4.60. The average Bonchev–Trinajstić information content (AvgIpc) is 2.35. The number of aliphatic hydroxyl groups is 1. The fraction of sp³-hybridized carbons (Fsp3) is 0.571. The third kappa shape index (κ3) is 4.30. The molecule has 1 atom stereocenters. The molecule has 0 heterocycles. The fourth-order valence-electron chi connectivity index (χ4n) is 1.67. The molecule has 0 saturated heterocycles. The minimum Gasteiger partial charge on any atom is -0.395 e. The summed E-state index contributed by atoms with van der Waals surface area (Å²) >= 11 is 0. The van der Waals surface area contributed by atoms with E-state index in [0.717, 1.165) is 5.56 Å². The van der Waals surface area contributed by atoms with Crippen LogP contribution in [0.1, 0.15) is 39.7 Å². The zero-order chi connectivity index (χ0) is 14.7. The van der Waals surface area contributed by atoms with Gasteiger partial charge in [0, 0.05) is 6.04 Å². The van der Waals surface area contributed by atoms with Crippen LogP contribution < -0.4 is 4.72 Å². The van der Waals surface area contributed by atoms with Gasteiger partial charge in [-0.3, -0.25) is 0 Å². The van der Waals surface area contributed by atoms with Gasteiger partial charge in [-0.25, -0.2) is 13.1 Å². The SMILES string of the molecule is CC[C@@H](CO)NS(=O)(=O)c1ccc(C(C)(C)C)cc1. The zero-order valence-corrected chi connectivity index (χ0v) is 12.8. The Labute approximate surface area is 115 Å². The summed E-state index contributed by atoms with van der Waals surface area (Å²) in [6, 6.07) is 6.43. The van der Waals surface area contributed by atoms with Crippen LogP contribution in [0.15, 0.2) is 29.2 Å². The van der Waals surface area contributed by atoms with Gasteiger partial charge in [-0.05, 0) is 29.5 Å². The van der Waals surface area contributed by atoms with E-state index in [4.69, 9.17) is 5.11 Å². The molecule has 108 valence electrons. The maximum absolute atomic E-state index is 12.1. The van der Waals surface area contributed by atoms with E-state index >= 15 is 0 Å². The maximum Gasteiger partial charge on any atom is 0.240 e. The molecule has 0 saturated carbocycles. The Kier molecular flexibility index (Phi) is 5.12. The lowest BCUT2D eigenvalue weighted by Crippen LogP contribution is -2.36. The molecule has 0 spiro atoms. The molecule has 0 aliphatic heterocycles. The molecule has 1 rings (SSSR count). The Morgan fingerprint density at radius 2 is 1.74 bits per heavy atom.